The third-order valence-corrected chi connectivity index (χ3v) is 4.33. The van der Waals surface area contributed by atoms with Crippen LogP contribution in [0.5, 0.6) is 5.75 Å². The van der Waals surface area contributed by atoms with E-state index in [9.17, 15) is 13.2 Å². The van der Waals surface area contributed by atoms with Crippen molar-refractivity contribution in [2.45, 2.75) is 40.2 Å². The average molecular weight is 356 g/mol. The lowest BCUT2D eigenvalue weighted by molar-refractivity contribution is -0.121. The summed E-state index contributed by atoms with van der Waals surface area (Å²) in [5.41, 5.74) is 0.449. The average Bonchev–Trinajstić information content (AvgIpc) is 2.45. The zero-order chi connectivity index (χ0) is 18.3. The Morgan fingerprint density at radius 1 is 1.21 bits per heavy atom. The zero-order valence-electron chi connectivity index (χ0n) is 15.1. The number of hydrogen-bond donors (Lipinski definition) is 1. The van der Waals surface area contributed by atoms with Crippen LogP contribution in [0, 0.1) is 5.92 Å². The molecule has 0 atom stereocenters. The Morgan fingerprint density at radius 2 is 1.83 bits per heavy atom. The van der Waals surface area contributed by atoms with Gasteiger partial charge in [0.2, 0.25) is 15.9 Å². The van der Waals surface area contributed by atoms with Crippen molar-refractivity contribution in [2.75, 3.05) is 23.7 Å². The molecule has 0 aliphatic rings. The summed E-state index contributed by atoms with van der Waals surface area (Å²) in [6.45, 7) is 8.40. The van der Waals surface area contributed by atoms with Crippen molar-refractivity contribution in [2.24, 2.45) is 5.92 Å². The van der Waals surface area contributed by atoms with Crippen molar-refractivity contribution in [1.29, 1.82) is 0 Å². The summed E-state index contributed by atoms with van der Waals surface area (Å²) in [5, 5.41) is 2.80. The van der Waals surface area contributed by atoms with E-state index in [1.165, 1.54) is 4.31 Å². The van der Waals surface area contributed by atoms with Gasteiger partial charge in [-0.05, 0) is 31.9 Å². The molecule has 0 aromatic heterocycles. The van der Waals surface area contributed by atoms with Crippen LogP contribution in [0.4, 0.5) is 5.69 Å². The number of anilines is 1. The fraction of sp³-hybridized carbons (Fsp3) is 0.588. The molecule has 0 aliphatic carbocycles. The first-order valence-electron chi connectivity index (χ1n) is 8.11. The molecule has 1 N–H and O–H groups in total. The standard InChI is InChI=1S/C17H28N2O4S/c1-13(2)12-18-17(20)10-11-19(24(5,21)22)15-8-6-7-9-16(15)23-14(3)4/h6-9,13-14H,10-12H2,1-5H3,(H,18,20). The number of amides is 1. The maximum atomic E-state index is 12.2. The number of carbonyl (C=O) groups excluding carboxylic acids is 1. The number of ether oxygens (including phenoxy) is 1. The minimum atomic E-state index is -3.53. The van der Waals surface area contributed by atoms with Gasteiger partial charge in [-0.15, -0.1) is 0 Å². The third kappa shape index (κ3) is 6.78. The maximum Gasteiger partial charge on any atom is 0.232 e. The van der Waals surface area contributed by atoms with E-state index in [0.717, 1.165) is 6.26 Å². The van der Waals surface area contributed by atoms with Gasteiger partial charge in [0.25, 0.3) is 0 Å². The highest BCUT2D eigenvalue weighted by atomic mass is 32.2. The van der Waals surface area contributed by atoms with Crippen LogP contribution in [-0.2, 0) is 14.8 Å². The van der Waals surface area contributed by atoms with E-state index in [1.807, 2.05) is 27.7 Å². The SMILES string of the molecule is CC(C)CNC(=O)CCN(c1ccccc1OC(C)C)S(C)(=O)=O. The van der Waals surface area contributed by atoms with Gasteiger partial charge >= 0.3 is 0 Å². The Morgan fingerprint density at radius 3 is 2.38 bits per heavy atom. The highest BCUT2D eigenvalue weighted by molar-refractivity contribution is 7.92. The Balaban J connectivity index is 2.94. The normalized spacial score (nSPS) is 11.6. The van der Waals surface area contributed by atoms with Gasteiger partial charge in [-0.1, -0.05) is 26.0 Å². The van der Waals surface area contributed by atoms with Gasteiger partial charge in [0, 0.05) is 19.5 Å². The Kier molecular flexibility index (Phi) is 7.54. The quantitative estimate of drug-likeness (QED) is 0.737. The Hall–Kier alpha value is -1.76. The summed E-state index contributed by atoms with van der Waals surface area (Å²) < 4.78 is 31.3. The largest absolute Gasteiger partial charge is 0.489 e. The molecule has 6 nitrogen and oxygen atoms in total. The molecular weight excluding hydrogens is 328 g/mol. The van der Waals surface area contributed by atoms with Gasteiger partial charge in [-0.2, -0.15) is 0 Å². The molecule has 1 aromatic rings. The lowest BCUT2D eigenvalue weighted by Gasteiger charge is -2.25. The smallest absolute Gasteiger partial charge is 0.232 e. The second-order valence-electron chi connectivity index (χ2n) is 6.42. The molecular formula is C17H28N2O4S. The van der Waals surface area contributed by atoms with Crippen molar-refractivity contribution in [3.05, 3.63) is 24.3 Å². The molecule has 0 radical (unpaired) electrons. The number of para-hydroxylation sites is 2. The molecule has 136 valence electrons. The van der Waals surface area contributed by atoms with E-state index in [2.05, 4.69) is 5.32 Å². The van der Waals surface area contributed by atoms with E-state index >= 15 is 0 Å². The minimum Gasteiger partial charge on any atom is -0.489 e. The highest BCUT2D eigenvalue weighted by Crippen LogP contribution is 2.30. The van der Waals surface area contributed by atoms with Gasteiger partial charge in [-0.25, -0.2) is 8.42 Å². The van der Waals surface area contributed by atoms with Gasteiger partial charge in [0.05, 0.1) is 18.0 Å². The van der Waals surface area contributed by atoms with Gasteiger partial charge in [0.15, 0.2) is 0 Å². The molecule has 0 spiro atoms. The van der Waals surface area contributed by atoms with Crippen LogP contribution >= 0.6 is 0 Å². The minimum absolute atomic E-state index is 0.0707. The van der Waals surface area contributed by atoms with Crippen LogP contribution in [0.1, 0.15) is 34.1 Å². The predicted octanol–water partition coefficient (Wildman–Crippen LogP) is 2.40. The highest BCUT2D eigenvalue weighted by Gasteiger charge is 2.22. The molecule has 0 unspecified atom stereocenters. The fourth-order valence-electron chi connectivity index (χ4n) is 2.09. The number of benzene rings is 1. The molecule has 0 aliphatic heterocycles. The topological polar surface area (TPSA) is 75.7 Å². The fourth-order valence-corrected chi connectivity index (χ4v) is 3.02. The molecule has 0 bridgehead atoms. The van der Waals surface area contributed by atoms with Crippen LogP contribution in [0.25, 0.3) is 0 Å². The third-order valence-electron chi connectivity index (χ3n) is 3.15. The van der Waals surface area contributed by atoms with Gasteiger partial charge in [0.1, 0.15) is 5.75 Å². The second kappa shape index (κ2) is 8.92. The van der Waals surface area contributed by atoms with Crippen LogP contribution in [0.2, 0.25) is 0 Å². The molecule has 7 heteroatoms. The first kappa shape index (κ1) is 20.3. The van der Waals surface area contributed by atoms with Crippen molar-refractivity contribution in [3.63, 3.8) is 0 Å². The summed E-state index contributed by atoms with van der Waals surface area (Å²) >= 11 is 0. The van der Waals surface area contributed by atoms with E-state index in [0.29, 0.717) is 23.9 Å². The number of carbonyl (C=O) groups is 1. The molecule has 0 saturated carbocycles. The van der Waals surface area contributed by atoms with Crippen molar-refractivity contribution in [1.82, 2.24) is 5.32 Å². The Bertz CT molecular complexity index is 642. The summed E-state index contributed by atoms with van der Waals surface area (Å²) in [4.78, 5) is 11.9. The number of nitrogens with one attached hydrogen (secondary N) is 1. The summed E-state index contributed by atoms with van der Waals surface area (Å²) in [6.07, 6.45) is 1.14. The monoisotopic (exact) mass is 356 g/mol. The Labute approximate surface area is 145 Å². The van der Waals surface area contributed by atoms with Crippen molar-refractivity contribution in [3.8, 4) is 5.75 Å². The first-order chi connectivity index (χ1) is 11.1. The van der Waals surface area contributed by atoms with Crippen LogP contribution in [0.15, 0.2) is 24.3 Å². The first-order valence-corrected chi connectivity index (χ1v) is 9.96. The van der Waals surface area contributed by atoms with Crippen LogP contribution in [-0.4, -0.2) is 39.8 Å². The number of nitrogens with zero attached hydrogens (tertiary/aromatic N) is 1. The second-order valence-corrected chi connectivity index (χ2v) is 8.32. The molecule has 1 amide bonds. The number of rotatable bonds is 9. The summed E-state index contributed by atoms with van der Waals surface area (Å²) in [7, 11) is -3.53. The molecule has 0 fully saturated rings. The predicted molar refractivity (Wildman–Crippen MR) is 96.9 cm³/mol. The van der Waals surface area contributed by atoms with Gasteiger partial charge < -0.3 is 10.1 Å². The molecule has 0 saturated heterocycles. The molecule has 1 rings (SSSR count). The van der Waals surface area contributed by atoms with Crippen LogP contribution < -0.4 is 14.4 Å². The molecule has 1 aromatic carbocycles. The zero-order valence-corrected chi connectivity index (χ0v) is 15.9. The lowest BCUT2D eigenvalue weighted by Crippen LogP contribution is -2.35. The van der Waals surface area contributed by atoms with E-state index in [-0.39, 0.29) is 25.0 Å². The van der Waals surface area contributed by atoms with E-state index in [1.54, 1.807) is 24.3 Å². The van der Waals surface area contributed by atoms with Crippen molar-refractivity contribution >= 4 is 21.6 Å². The number of sulfonamides is 1. The van der Waals surface area contributed by atoms with Crippen molar-refractivity contribution < 1.29 is 17.9 Å². The van der Waals surface area contributed by atoms with E-state index < -0.39 is 10.0 Å². The number of hydrogen-bond acceptors (Lipinski definition) is 4. The maximum absolute atomic E-state index is 12.2. The summed E-state index contributed by atoms with van der Waals surface area (Å²) in [5.74, 6) is 0.667. The lowest BCUT2D eigenvalue weighted by atomic mass is 10.2. The summed E-state index contributed by atoms with van der Waals surface area (Å²) in [6, 6.07) is 6.95. The van der Waals surface area contributed by atoms with Gasteiger partial charge in [-0.3, -0.25) is 9.10 Å². The molecule has 24 heavy (non-hydrogen) atoms. The van der Waals surface area contributed by atoms with Crippen LogP contribution in [0.3, 0.4) is 0 Å². The van der Waals surface area contributed by atoms with E-state index in [4.69, 9.17) is 4.74 Å². The molecule has 0 heterocycles.